The number of carbonyl (C=O) groups is 2. The quantitative estimate of drug-likeness (QED) is 0.644. The van der Waals surface area contributed by atoms with E-state index in [0.29, 0.717) is 5.56 Å². The van der Waals surface area contributed by atoms with E-state index in [2.05, 4.69) is 5.32 Å². The third-order valence-corrected chi connectivity index (χ3v) is 5.77. The van der Waals surface area contributed by atoms with E-state index in [9.17, 15) is 19.8 Å². The van der Waals surface area contributed by atoms with Crippen molar-refractivity contribution in [2.24, 2.45) is 11.8 Å². The normalized spacial score (nSPS) is 24.1. The Morgan fingerprint density at radius 2 is 1.85 bits per heavy atom. The lowest BCUT2D eigenvalue weighted by atomic mass is 9.80. The largest absolute Gasteiger partial charge is 0.481 e. The Morgan fingerprint density at radius 1 is 1.15 bits per heavy atom. The average Bonchev–Trinajstić information content (AvgIpc) is 3.35. The van der Waals surface area contributed by atoms with E-state index in [1.54, 1.807) is 24.3 Å². The van der Waals surface area contributed by atoms with E-state index in [1.807, 2.05) is 6.07 Å². The van der Waals surface area contributed by atoms with Gasteiger partial charge < -0.3 is 20.3 Å². The number of aliphatic carboxylic acids is 1. The van der Waals surface area contributed by atoms with Crippen LogP contribution in [0.4, 0.5) is 0 Å². The summed E-state index contributed by atoms with van der Waals surface area (Å²) in [7, 11) is 0. The van der Waals surface area contributed by atoms with Gasteiger partial charge in [-0.15, -0.1) is 0 Å². The molecule has 0 amide bonds. The SMILES string of the molecule is O=C(O)C(COC(=O)C(O)(c1ccccc1)C1CCCC1)C1CCCN1. The van der Waals surface area contributed by atoms with Crippen LogP contribution >= 0.6 is 0 Å². The molecular weight excluding hydrogens is 334 g/mol. The molecule has 0 radical (unpaired) electrons. The molecule has 2 aliphatic rings. The molecule has 3 rings (SSSR count). The molecule has 3 atom stereocenters. The molecule has 2 fully saturated rings. The molecule has 3 N–H and O–H groups in total. The summed E-state index contributed by atoms with van der Waals surface area (Å²) in [4.78, 5) is 24.5. The molecule has 0 aromatic heterocycles. The van der Waals surface area contributed by atoms with E-state index in [-0.39, 0.29) is 18.6 Å². The number of aliphatic hydroxyl groups is 1. The van der Waals surface area contributed by atoms with Crippen LogP contribution in [0.1, 0.15) is 44.1 Å². The predicted octanol–water partition coefficient (Wildman–Crippen LogP) is 2.06. The number of ether oxygens (including phenoxy) is 1. The molecular formula is C20H27NO5. The van der Waals surface area contributed by atoms with Crippen LogP contribution < -0.4 is 5.32 Å². The third kappa shape index (κ3) is 3.76. The maximum atomic E-state index is 12.9. The minimum absolute atomic E-state index is 0.198. The number of carboxylic acid groups (broad SMARTS) is 1. The van der Waals surface area contributed by atoms with Gasteiger partial charge in [-0.2, -0.15) is 0 Å². The molecule has 6 heteroatoms. The zero-order valence-electron chi connectivity index (χ0n) is 14.9. The molecule has 3 unspecified atom stereocenters. The number of hydrogen-bond donors (Lipinski definition) is 3. The number of hydrogen-bond acceptors (Lipinski definition) is 5. The fraction of sp³-hybridized carbons (Fsp3) is 0.600. The lowest BCUT2D eigenvalue weighted by Crippen LogP contribution is -2.46. The summed E-state index contributed by atoms with van der Waals surface area (Å²) in [5.74, 6) is -2.73. The molecule has 142 valence electrons. The van der Waals surface area contributed by atoms with Crippen LogP contribution in [0, 0.1) is 11.8 Å². The monoisotopic (exact) mass is 361 g/mol. The second-order valence-corrected chi connectivity index (χ2v) is 7.36. The lowest BCUT2D eigenvalue weighted by Gasteiger charge is -2.33. The summed E-state index contributed by atoms with van der Waals surface area (Å²) in [5, 5.41) is 24.0. The fourth-order valence-corrected chi connectivity index (χ4v) is 4.25. The van der Waals surface area contributed by atoms with Crippen molar-refractivity contribution in [3.05, 3.63) is 35.9 Å². The van der Waals surface area contributed by atoms with Gasteiger partial charge >= 0.3 is 11.9 Å². The van der Waals surface area contributed by atoms with Gasteiger partial charge in [0.1, 0.15) is 12.5 Å². The van der Waals surface area contributed by atoms with Gasteiger partial charge in [-0.05, 0) is 37.8 Å². The van der Waals surface area contributed by atoms with Gasteiger partial charge in [-0.3, -0.25) is 4.79 Å². The first-order valence-electron chi connectivity index (χ1n) is 9.44. The molecule has 26 heavy (non-hydrogen) atoms. The minimum Gasteiger partial charge on any atom is -0.481 e. The summed E-state index contributed by atoms with van der Waals surface area (Å²) in [5.41, 5.74) is -1.20. The van der Waals surface area contributed by atoms with Crippen LogP contribution in [0.15, 0.2) is 30.3 Å². The number of benzene rings is 1. The van der Waals surface area contributed by atoms with E-state index in [0.717, 1.165) is 45.1 Å². The Balaban J connectivity index is 1.76. The molecule has 1 heterocycles. The Morgan fingerprint density at radius 3 is 2.42 bits per heavy atom. The van der Waals surface area contributed by atoms with Crippen molar-refractivity contribution in [2.45, 2.75) is 50.2 Å². The second kappa shape index (κ2) is 8.18. The number of nitrogens with one attached hydrogen (secondary N) is 1. The van der Waals surface area contributed by atoms with E-state index >= 15 is 0 Å². The van der Waals surface area contributed by atoms with Crippen molar-refractivity contribution in [3.63, 3.8) is 0 Å². The summed E-state index contributed by atoms with van der Waals surface area (Å²) in [6.45, 7) is 0.548. The summed E-state index contributed by atoms with van der Waals surface area (Å²) < 4.78 is 5.40. The Hall–Kier alpha value is -1.92. The summed E-state index contributed by atoms with van der Waals surface area (Å²) in [6, 6.07) is 8.66. The zero-order chi connectivity index (χ0) is 18.6. The van der Waals surface area contributed by atoms with Crippen molar-refractivity contribution < 1.29 is 24.5 Å². The van der Waals surface area contributed by atoms with E-state index in [1.165, 1.54) is 0 Å². The van der Waals surface area contributed by atoms with Crippen molar-refractivity contribution in [1.82, 2.24) is 5.32 Å². The van der Waals surface area contributed by atoms with Crippen LogP contribution in [0.25, 0.3) is 0 Å². The molecule has 1 saturated heterocycles. The van der Waals surface area contributed by atoms with Gasteiger partial charge in [-0.1, -0.05) is 43.2 Å². The smallest absolute Gasteiger partial charge is 0.343 e. The maximum Gasteiger partial charge on any atom is 0.343 e. The van der Waals surface area contributed by atoms with Crippen molar-refractivity contribution >= 4 is 11.9 Å². The minimum atomic E-state index is -1.72. The molecule has 0 bridgehead atoms. The molecule has 1 aromatic rings. The van der Waals surface area contributed by atoms with Gasteiger partial charge in [0.2, 0.25) is 0 Å². The summed E-state index contributed by atoms with van der Waals surface area (Å²) >= 11 is 0. The summed E-state index contributed by atoms with van der Waals surface area (Å²) in [6.07, 6.45) is 5.12. The first-order valence-corrected chi connectivity index (χ1v) is 9.44. The maximum absolute atomic E-state index is 12.9. The highest BCUT2D eigenvalue weighted by Gasteiger charge is 2.48. The molecule has 1 aliphatic heterocycles. The topological polar surface area (TPSA) is 95.9 Å². The van der Waals surface area contributed by atoms with Gasteiger partial charge in [-0.25, -0.2) is 4.79 Å². The number of carbonyl (C=O) groups excluding carboxylic acids is 1. The van der Waals surface area contributed by atoms with Crippen LogP contribution in [0.2, 0.25) is 0 Å². The molecule has 1 aromatic carbocycles. The third-order valence-electron chi connectivity index (χ3n) is 5.77. The van der Waals surface area contributed by atoms with Crippen LogP contribution in [-0.2, 0) is 19.9 Å². The fourth-order valence-electron chi connectivity index (χ4n) is 4.25. The highest BCUT2D eigenvalue weighted by molar-refractivity contribution is 5.82. The van der Waals surface area contributed by atoms with Crippen molar-refractivity contribution in [3.8, 4) is 0 Å². The zero-order valence-corrected chi connectivity index (χ0v) is 14.9. The van der Waals surface area contributed by atoms with Crippen molar-refractivity contribution in [1.29, 1.82) is 0 Å². The number of esters is 1. The number of carboxylic acids is 1. The first-order chi connectivity index (χ1) is 12.5. The Labute approximate surface area is 153 Å². The van der Waals surface area contributed by atoms with Crippen LogP contribution in [0.3, 0.4) is 0 Å². The van der Waals surface area contributed by atoms with Crippen LogP contribution in [0.5, 0.6) is 0 Å². The number of rotatable bonds is 7. The van der Waals surface area contributed by atoms with E-state index < -0.39 is 23.5 Å². The first kappa shape index (κ1) is 18.9. The molecule has 0 spiro atoms. The highest BCUT2D eigenvalue weighted by atomic mass is 16.6. The average molecular weight is 361 g/mol. The van der Waals surface area contributed by atoms with E-state index in [4.69, 9.17) is 4.74 Å². The molecule has 1 aliphatic carbocycles. The van der Waals surface area contributed by atoms with Crippen LogP contribution in [-0.4, -0.2) is 41.3 Å². The molecule has 6 nitrogen and oxygen atoms in total. The van der Waals surface area contributed by atoms with Gasteiger partial charge in [0.05, 0.1) is 0 Å². The van der Waals surface area contributed by atoms with Gasteiger partial charge in [0.25, 0.3) is 0 Å². The van der Waals surface area contributed by atoms with Gasteiger partial charge in [0.15, 0.2) is 5.60 Å². The second-order valence-electron chi connectivity index (χ2n) is 7.36. The van der Waals surface area contributed by atoms with Gasteiger partial charge in [0, 0.05) is 12.0 Å². The molecule has 1 saturated carbocycles. The standard InChI is InChI=1S/C20H27NO5/c22-18(23)16(17-11-6-12-21-17)13-26-19(24)20(25,15-9-4-5-10-15)14-7-2-1-3-8-14/h1-3,7-8,15-17,21,25H,4-6,9-13H2,(H,22,23). The Bertz CT molecular complexity index is 622. The lowest BCUT2D eigenvalue weighted by molar-refractivity contribution is -0.176. The van der Waals surface area contributed by atoms with Crippen molar-refractivity contribution in [2.75, 3.05) is 13.2 Å². The predicted molar refractivity (Wildman–Crippen MR) is 95.4 cm³/mol. The Kier molecular flexibility index (Phi) is 5.94. The highest BCUT2D eigenvalue weighted by Crippen LogP contribution is 2.41.